The number of benzene rings is 2. The van der Waals surface area contributed by atoms with Crippen LogP contribution in [0.5, 0.6) is 0 Å². The Hall–Kier alpha value is -3.72. The highest BCUT2D eigenvalue weighted by molar-refractivity contribution is 7.17. The van der Waals surface area contributed by atoms with Crippen LogP contribution in [0.25, 0.3) is 10.1 Å². The van der Waals surface area contributed by atoms with E-state index in [0.717, 1.165) is 21.2 Å². The Bertz CT molecular complexity index is 1240. The number of aliphatic carboxylic acids is 1. The number of fused-ring (bicyclic) bond motifs is 1. The smallest absolute Gasteiger partial charge is 0.304 e. The first kappa shape index (κ1) is 27.9. The second-order valence-electron chi connectivity index (χ2n) is 9.60. The van der Waals surface area contributed by atoms with Gasteiger partial charge in [0.25, 0.3) is 0 Å². The molecule has 3 rings (SSSR count). The number of carbonyl (C=O) groups excluding carboxylic acids is 3. The van der Waals surface area contributed by atoms with Gasteiger partial charge in [0.2, 0.25) is 17.7 Å². The van der Waals surface area contributed by atoms with E-state index in [0.29, 0.717) is 6.42 Å². The van der Waals surface area contributed by atoms with Crippen molar-refractivity contribution >= 4 is 45.1 Å². The normalized spacial score (nSPS) is 13.6. The van der Waals surface area contributed by atoms with Crippen LogP contribution in [0, 0.1) is 11.8 Å². The lowest BCUT2D eigenvalue weighted by Crippen LogP contribution is -2.55. The molecule has 3 amide bonds. The molecule has 0 fully saturated rings. The number of nitrogens with two attached hydrogens (primary N) is 1. The molecule has 0 aliphatic heterocycles. The molecule has 9 heteroatoms. The highest BCUT2D eigenvalue weighted by Gasteiger charge is 2.30. The molecule has 0 saturated heterocycles. The van der Waals surface area contributed by atoms with Gasteiger partial charge in [0.1, 0.15) is 12.1 Å². The first-order valence-corrected chi connectivity index (χ1v) is 13.1. The second-order valence-corrected chi connectivity index (χ2v) is 10.5. The van der Waals surface area contributed by atoms with Crippen molar-refractivity contribution in [3.05, 3.63) is 71.1 Å². The first-order valence-electron chi connectivity index (χ1n) is 12.2. The maximum absolute atomic E-state index is 13.5. The van der Waals surface area contributed by atoms with E-state index in [2.05, 4.69) is 10.6 Å². The number of carboxylic acids is 1. The van der Waals surface area contributed by atoms with Gasteiger partial charge in [0.15, 0.2) is 0 Å². The van der Waals surface area contributed by atoms with Crippen molar-refractivity contribution < 1.29 is 24.3 Å². The third-order valence-electron chi connectivity index (χ3n) is 6.11. The fourth-order valence-electron chi connectivity index (χ4n) is 4.32. The SMILES string of the molecule is CC(C)C[C@H](CC(=O)O)C(=O)N[C@@H](Cc1csc2ccccc12)C(=O)N[C@H](Cc1ccccc1)C(N)=O. The van der Waals surface area contributed by atoms with Crippen molar-refractivity contribution in [1.82, 2.24) is 10.6 Å². The van der Waals surface area contributed by atoms with Gasteiger partial charge in [-0.1, -0.05) is 62.4 Å². The zero-order valence-electron chi connectivity index (χ0n) is 21.0. The molecule has 0 bridgehead atoms. The maximum Gasteiger partial charge on any atom is 0.304 e. The second kappa shape index (κ2) is 13.0. The van der Waals surface area contributed by atoms with E-state index in [-0.39, 0.29) is 25.2 Å². The van der Waals surface area contributed by atoms with Gasteiger partial charge in [-0.25, -0.2) is 0 Å². The van der Waals surface area contributed by atoms with Crippen LogP contribution >= 0.6 is 11.3 Å². The summed E-state index contributed by atoms with van der Waals surface area (Å²) in [5.74, 6) is -3.53. The molecule has 3 atom stereocenters. The summed E-state index contributed by atoms with van der Waals surface area (Å²) in [6.07, 6.45) is 0.419. The molecular weight excluding hydrogens is 490 g/mol. The average Bonchev–Trinajstić information content (AvgIpc) is 3.25. The lowest BCUT2D eigenvalue weighted by molar-refractivity contribution is -0.142. The number of rotatable bonds is 13. The van der Waals surface area contributed by atoms with E-state index < -0.39 is 41.7 Å². The molecule has 0 saturated carbocycles. The summed E-state index contributed by atoms with van der Waals surface area (Å²) in [7, 11) is 0. The zero-order valence-corrected chi connectivity index (χ0v) is 21.8. The zero-order chi connectivity index (χ0) is 26.9. The third kappa shape index (κ3) is 8.15. The van der Waals surface area contributed by atoms with Crippen LogP contribution in [0.3, 0.4) is 0 Å². The van der Waals surface area contributed by atoms with Gasteiger partial charge in [-0.05, 0) is 40.3 Å². The van der Waals surface area contributed by atoms with Crippen LogP contribution in [0.2, 0.25) is 0 Å². The van der Waals surface area contributed by atoms with E-state index in [1.165, 1.54) is 11.3 Å². The van der Waals surface area contributed by atoms with Crippen LogP contribution in [0.4, 0.5) is 0 Å². The summed E-state index contributed by atoms with van der Waals surface area (Å²) in [4.78, 5) is 50.2. The number of thiophene rings is 1. The number of primary amides is 1. The Kier molecular flexibility index (Phi) is 9.79. The van der Waals surface area contributed by atoms with Gasteiger partial charge in [-0.15, -0.1) is 11.3 Å². The molecule has 1 heterocycles. The Morgan fingerprint density at radius 2 is 1.54 bits per heavy atom. The van der Waals surface area contributed by atoms with Gasteiger partial charge in [0, 0.05) is 23.5 Å². The fourth-order valence-corrected chi connectivity index (χ4v) is 5.29. The monoisotopic (exact) mass is 523 g/mol. The molecule has 0 spiro atoms. The Balaban J connectivity index is 1.85. The van der Waals surface area contributed by atoms with Crippen LogP contribution in [0.1, 0.15) is 37.8 Å². The van der Waals surface area contributed by atoms with E-state index >= 15 is 0 Å². The van der Waals surface area contributed by atoms with Gasteiger partial charge in [0.05, 0.1) is 6.42 Å². The van der Waals surface area contributed by atoms with Gasteiger partial charge >= 0.3 is 5.97 Å². The minimum atomic E-state index is -1.08. The number of amides is 3. The average molecular weight is 524 g/mol. The van der Waals surface area contributed by atoms with Gasteiger partial charge in [-0.3, -0.25) is 19.2 Å². The summed E-state index contributed by atoms with van der Waals surface area (Å²) in [6, 6.07) is 14.9. The molecule has 196 valence electrons. The third-order valence-corrected chi connectivity index (χ3v) is 7.12. The Morgan fingerprint density at radius 3 is 2.19 bits per heavy atom. The summed E-state index contributed by atoms with van der Waals surface area (Å²) in [5.41, 5.74) is 7.30. The van der Waals surface area contributed by atoms with Crippen molar-refractivity contribution in [2.75, 3.05) is 0 Å². The molecule has 0 radical (unpaired) electrons. The van der Waals surface area contributed by atoms with Crippen LogP contribution < -0.4 is 16.4 Å². The Labute approximate surface area is 220 Å². The van der Waals surface area contributed by atoms with Gasteiger partial charge < -0.3 is 21.5 Å². The summed E-state index contributed by atoms with van der Waals surface area (Å²) in [6.45, 7) is 3.82. The molecule has 37 heavy (non-hydrogen) atoms. The van der Waals surface area contributed by atoms with E-state index in [9.17, 15) is 24.3 Å². The molecule has 0 aliphatic rings. The summed E-state index contributed by atoms with van der Waals surface area (Å²) in [5, 5.41) is 17.7. The maximum atomic E-state index is 13.5. The molecule has 0 unspecified atom stereocenters. The minimum Gasteiger partial charge on any atom is -0.481 e. The standard InChI is InChI=1S/C28H33N3O5S/c1-17(2)12-19(15-25(32)33)27(35)31-23(14-20-16-37-24-11-7-6-10-21(20)24)28(36)30-22(26(29)34)13-18-8-4-3-5-9-18/h3-11,16-17,19,22-23H,12-15H2,1-2H3,(H2,29,34)(H,30,36)(H,31,35)(H,32,33)/t19-,22-,23+/m1/s1. The number of hydrogen-bond donors (Lipinski definition) is 4. The lowest BCUT2D eigenvalue weighted by Gasteiger charge is -2.24. The summed E-state index contributed by atoms with van der Waals surface area (Å²) < 4.78 is 1.05. The van der Waals surface area contributed by atoms with Crippen molar-refractivity contribution in [3.63, 3.8) is 0 Å². The molecular formula is C28H33N3O5S. The first-order chi connectivity index (χ1) is 17.6. The van der Waals surface area contributed by atoms with E-state index in [1.807, 2.05) is 73.8 Å². The van der Waals surface area contributed by atoms with Crippen LogP contribution in [-0.4, -0.2) is 40.9 Å². The number of nitrogens with one attached hydrogen (secondary N) is 2. The quantitative estimate of drug-likeness (QED) is 0.272. The van der Waals surface area contributed by atoms with Crippen LogP contribution in [-0.2, 0) is 32.0 Å². The van der Waals surface area contributed by atoms with Crippen molar-refractivity contribution in [2.24, 2.45) is 17.6 Å². The molecule has 3 aromatic rings. The molecule has 5 N–H and O–H groups in total. The highest BCUT2D eigenvalue weighted by Crippen LogP contribution is 2.27. The van der Waals surface area contributed by atoms with Crippen molar-refractivity contribution in [2.45, 2.75) is 51.6 Å². The van der Waals surface area contributed by atoms with Gasteiger partial charge in [-0.2, -0.15) is 0 Å². The lowest BCUT2D eigenvalue weighted by atomic mass is 9.92. The minimum absolute atomic E-state index is 0.0910. The topological polar surface area (TPSA) is 139 Å². The number of carboxylic acid groups (broad SMARTS) is 1. The Morgan fingerprint density at radius 1 is 0.892 bits per heavy atom. The summed E-state index contributed by atoms with van der Waals surface area (Å²) >= 11 is 1.53. The predicted molar refractivity (Wildman–Crippen MR) is 144 cm³/mol. The van der Waals surface area contributed by atoms with Crippen LogP contribution in [0.15, 0.2) is 60.0 Å². The van der Waals surface area contributed by atoms with E-state index in [1.54, 1.807) is 0 Å². The number of carbonyl (C=O) groups is 4. The van der Waals surface area contributed by atoms with Crippen molar-refractivity contribution in [3.8, 4) is 0 Å². The van der Waals surface area contributed by atoms with Crippen molar-refractivity contribution in [1.29, 1.82) is 0 Å². The molecule has 0 aliphatic carbocycles. The van der Waals surface area contributed by atoms with E-state index in [4.69, 9.17) is 5.73 Å². The largest absolute Gasteiger partial charge is 0.481 e. The highest BCUT2D eigenvalue weighted by atomic mass is 32.1. The molecule has 1 aromatic heterocycles. The molecule has 8 nitrogen and oxygen atoms in total. The predicted octanol–water partition coefficient (Wildman–Crippen LogP) is 3.28. The fraction of sp³-hybridized carbons (Fsp3) is 0.357. The molecule has 2 aromatic carbocycles. The number of hydrogen-bond acceptors (Lipinski definition) is 5.